The van der Waals surface area contributed by atoms with E-state index in [2.05, 4.69) is 43.5 Å². The molecule has 6 N–H and O–H groups in total. The Kier molecular flexibility index (Phi) is 40.8. The second kappa shape index (κ2) is 43.3. The molecule has 0 aromatic heterocycles. The Hall–Kier alpha value is -1.59. The summed E-state index contributed by atoms with van der Waals surface area (Å²) >= 11 is 0. The van der Waals surface area contributed by atoms with Crippen molar-refractivity contribution in [3.05, 3.63) is 36.5 Å². The van der Waals surface area contributed by atoms with E-state index in [9.17, 15) is 30.3 Å². The summed E-state index contributed by atoms with van der Waals surface area (Å²) in [5.74, 6) is -0.186. The lowest BCUT2D eigenvalue weighted by Gasteiger charge is -2.40. The van der Waals surface area contributed by atoms with Gasteiger partial charge in [-0.1, -0.05) is 211 Å². The lowest BCUT2D eigenvalue weighted by molar-refractivity contribution is -0.302. The number of unbranched alkanes of at least 4 members (excludes halogenated alkanes) is 30. The first-order chi connectivity index (χ1) is 30.3. The fourth-order valence-electron chi connectivity index (χ4n) is 8.23. The number of aliphatic hydroxyl groups excluding tert-OH is 5. The zero-order chi connectivity index (χ0) is 45.1. The van der Waals surface area contributed by atoms with Gasteiger partial charge in [-0.25, -0.2) is 0 Å². The van der Waals surface area contributed by atoms with E-state index in [1.807, 2.05) is 6.08 Å². The number of rotatable bonds is 44. The highest BCUT2D eigenvalue weighted by atomic mass is 16.7. The van der Waals surface area contributed by atoms with Gasteiger partial charge in [-0.3, -0.25) is 4.79 Å². The summed E-state index contributed by atoms with van der Waals surface area (Å²) in [5, 5.41) is 54.3. The van der Waals surface area contributed by atoms with Crippen molar-refractivity contribution >= 4 is 5.91 Å². The van der Waals surface area contributed by atoms with E-state index in [1.54, 1.807) is 6.08 Å². The number of nitrogens with one attached hydrogen (secondary N) is 1. The number of allylic oxidation sites excluding steroid dienone is 5. The summed E-state index contributed by atoms with van der Waals surface area (Å²) in [6, 6.07) is -0.819. The molecule has 7 unspecified atom stereocenters. The summed E-state index contributed by atoms with van der Waals surface area (Å²) < 4.78 is 11.2. The maximum absolute atomic E-state index is 13.0. The summed E-state index contributed by atoms with van der Waals surface area (Å²) in [7, 11) is 0. The van der Waals surface area contributed by atoms with Gasteiger partial charge in [0.05, 0.1) is 25.4 Å². The van der Waals surface area contributed by atoms with Gasteiger partial charge in [0.25, 0.3) is 0 Å². The van der Waals surface area contributed by atoms with Crippen LogP contribution in [0.5, 0.6) is 0 Å². The molecular formula is C53H99NO8. The SMILES string of the molecule is CCCCCCCCCC/C=C\CCCCCCCCCCCCCCCC(=O)NC(COC1OC(CO)C(O)C(O)C1O)C(O)/C=C/CC/C=C/CCCCCCCCCC. The number of ether oxygens (including phenoxy) is 2. The van der Waals surface area contributed by atoms with Crippen LogP contribution in [0.25, 0.3) is 0 Å². The molecule has 0 radical (unpaired) electrons. The van der Waals surface area contributed by atoms with E-state index >= 15 is 0 Å². The zero-order valence-corrected chi connectivity index (χ0v) is 40.1. The van der Waals surface area contributed by atoms with Crippen LogP contribution in [-0.2, 0) is 14.3 Å². The highest BCUT2D eigenvalue weighted by molar-refractivity contribution is 5.76. The molecule has 9 nitrogen and oxygen atoms in total. The summed E-state index contributed by atoms with van der Waals surface area (Å²) in [6.45, 7) is 3.76. The smallest absolute Gasteiger partial charge is 0.220 e. The third kappa shape index (κ3) is 33.0. The Morgan fingerprint density at radius 2 is 0.919 bits per heavy atom. The van der Waals surface area contributed by atoms with E-state index in [4.69, 9.17) is 9.47 Å². The first-order valence-corrected chi connectivity index (χ1v) is 26.2. The van der Waals surface area contributed by atoms with Gasteiger partial charge in [-0.15, -0.1) is 0 Å². The standard InChI is InChI=1S/C53H99NO8/c1-3-5-7-9-11-13-15-17-19-20-21-22-23-24-25-26-27-28-29-31-33-35-37-39-41-43-49(57)54-46(45-61-53-52(60)51(59)50(58)48(44-55)62-53)47(56)42-40-38-36-34-32-30-18-16-14-12-10-8-6-4-2/h20-21,32,34,40,42,46-48,50-53,55-56,58-60H,3-19,22-31,33,35-39,41,43-45H2,1-2H3,(H,54,57)/b21-20-,34-32+,42-40+. The van der Waals surface area contributed by atoms with E-state index in [-0.39, 0.29) is 12.5 Å². The highest BCUT2D eigenvalue weighted by Gasteiger charge is 2.44. The monoisotopic (exact) mass is 878 g/mol. The Balaban J connectivity index is 2.24. The first-order valence-electron chi connectivity index (χ1n) is 26.2. The average molecular weight is 878 g/mol. The van der Waals surface area contributed by atoms with Crippen molar-refractivity contribution in [3.63, 3.8) is 0 Å². The number of carbonyl (C=O) groups is 1. The van der Waals surface area contributed by atoms with Gasteiger partial charge < -0.3 is 40.3 Å². The molecule has 0 spiro atoms. The average Bonchev–Trinajstić information content (AvgIpc) is 3.27. The molecule has 0 bridgehead atoms. The fourth-order valence-corrected chi connectivity index (χ4v) is 8.23. The van der Waals surface area contributed by atoms with Crippen LogP contribution in [0.3, 0.4) is 0 Å². The van der Waals surface area contributed by atoms with E-state index in [1.165, 1.54) is 180 Å². The molecule has 62 heavy (non-hydrogen) atoms. The summed E-state index contributed by atoms with van der Waals surface area (Å²) in [6.07, 6.45) is 47.8. The van der Waals surface area contributed by atoms with Gasteiger partial charge in [0, 0.05) is 6.42 Å². The second-order valence-electron chi connectivity index (χ2n) is 18.3. The lowest BCUT2D eigenvalue weighted by Crippen LogP contribution is -2.60. The molecule has 7 atom stereocenters. The number of hydrogen-bond donors (Lipinski definition) is 6. The Labute approximate surface area is 381 Å². The van der Waals surface area contributed by atoms with Crippen LogP contribution >= 0.6 is 0 Å². The van der Waals surface area contributed by atoms with Crippen LogP contribution < -0.4 is 5.32 Å². The van der Waals surface area contributed by atoms with Crippen molar-refractivity contribution in [3.8, 4) is 0 Å². The topological polar surface area (TPSA) is 149 Å². The van der Waals surface area contributed by atoms with Crippen LogP contribution in [0.2, 0.25) is 0 Å². The van der Waals surface area contributed by atoms with Gasteiger partial charge in [0.1, 0.15) is 24.4 Å². The Morgan fingerprint density at radius 3 is 1.35 bits per heavy atom. The number of aliphatic hydroxyl groups is 5. The van der Waals surface area contributed by atoms with Crippen LogP contribution in [-0.4, -0.2) is 87.5 Å². The number of hydrogen-bond acceptors (Lipinski definition) is 8. The van der Waals surface area contributed by atoms with Crippen molar-refractivity contribution in [2.75, 3.05) is 13.2 Å². The first kappa shape index (κ1) is 58.4. The van der Waals surface area contributed by atoms with Gasteiger partial charge >= 0.3 is 0 Å². The molecular weight excluding hydrogens is 779 g/mol. The number of carbonyl (C=O) groups excluding carboxylic acids is 1. The molecule has 9 heteroatoms. The summed E-state index contributed by atoms with van der Waals surface area (Å²) in [4.78, 5) is 13.0. The Morgan fingerprint density at radius 1 is 0.532 bits per heavy atom. The summed E-state index contributed by atoms with van der Waals surface area (Å²) in [5.41, 5.74) is 0. The molecule has 0 aromatic rings. The molecule has 1 heterocycles. The molecule has 0 aromatic carbocycles. The predicted molar refractivity (Wildman–Crippen MR) is 258 cm³/mol. The molecule has 0 aliphatic carbocycles. The molecule has 1 rings (SSSR count). The van der Waals surface area contributed by atoms with E-state index in [0.29, 0.717) is 6.42 Å². The molecule has 1 amide bonds. The molecule has 1 fully saturated rings. The maximum atomic E-state index is 13.0. The maximum Gasteiger partial charge on any atom is 0.220 e. The molecule has 1 aliphatic rings. The fraction of sp³-hybridized carbons (Fsp3) is 0.868. The lowest BCUT2D eigenvalue weighted by atomic mass is 9.99. The minimum absolute atomic E-state index is 0.186. The quantitative estimate of drug-likeness (QED) is 0.0262. The predicted octanol–water partition coefficient (Wildman–Crippen LogP) is 12.0. The van der Waals surface area contributed by atoms with Crippen molar-refractivity contribution < 1.29 is 39.8 Å². The van der Waals surface area contributed by atoms with Crippen LogP contribution in [0.1, 0.15) is 239 Å². The largest absolute Gasteiger partial charge is 0.394 e. The normalized spacial score (nSPS) is 20.5. The Bertz CT molecular complexity index is 1070. The van der Waals surface area contributed by atoms with Crippen molar-refractivity contribution in [1.82, 2.24) is 5.32 Å². The molecule has 0 saturated carbocycles. The molecule has 1 aliphatic heterocycles. The van der Waals surface area contributed by atoms with Crippen LogP contribution in [0.15, 0.2) is 36.5 Å². The zero-order valence-electron chi connectivity index (χ0n) is 40.1. The van der Waals surface area contributed by atoms with Crippen molar-refractivity contribution in [2.45, 2.75) is 281 Å². The van der Waals surface area contributed by atoms with Gasteiger partial charge in [-0.05, 0) is 57.8 Å². The van der Waals surface area contributed by atoms with Crippen LogP contribution in [0.4, 0.5) is 0 Å². The van der Waals surface area contributed by atoms with Gasteiger partial charge in [0.15, 0.2) is 6.29 Å². The van der Waals surface area contributed by atoms with E-state index < -0.39 is 49.5 Å². The van der Waals surface area contributed by atoms with Crippen LogP contribution in [0, 0.1) is 0 Å². The highest BCUT2D eigenvalue weighted by Crippen LogP contribution is 2.23. The number of amides is 1. The third-order valence-electron chi connectivity index (χ3n) is 12.4. The van der Waals surface area contributed by atoms with Crippen molar-refractivity contribution in [1.29, 1.82) is 0 Å². The van der Waals surface area contributed by atoms with Crippen molar-refractivity contribution in [2.24, 2.45) is 0 Å². The molecule has 364 valence electrons. The molecule has 1 saturated heterocycles. The van der Waals surface area contributed by atoms with Gasteiger partial charge in [-0.2, -0.15) is 0 Å². The van der Waals surface area contributed by atoms with E-state index in [0.717, 1.165) is 38.5 Å². The third-order valence-corrected chi connectivity index (χ3v) is 12.4. The minimum Gasteiger partial charge on any atom is -0.394 e. The second-order valence-corrected chi connectivity index (χ2v) is 18.3. The minimum atomic E-state index is -1.57. The van der Waals surface area contributed by atoms with Gasteiger partial charge in [0.2, 0.25) is 5.91 Å².